The van der Waals surface area contributed by atoms with Crippen molar-refractivity contribution in [1.29, 1.82) is 0 Å². The van der Waals surface area contributed by atoms with Crippen molar-refractivity contribution in [3.8, 4) is 11.4 Å². The lowest BCUT2D eigenvalue weighted by molar-refractivity contribution is -0.116. The molecule has 1 aliphatic heterocycles. The number of fused-ring (bicyclic) bond motifs is 1. The van der Waals surface area contributed by atoms with Gasteiger partial charge in [-0.3, -0.25) is 24.3 Å². The van der Waals surface area contributed by atoms with Crippen LogP contribution in [0.3, 0.4) is 0 Å². The van der Waals surface area contributed by atoms with E-state index in [0.29, 0.717) is 28.5 Å². The van der Waals surface area contributed by atoms with Gasteiger partial charge in [-0.1, -0.05) is 35.5 Å². The summed E-state index contributed by atoms with van der Waals surface area (Å²) in [7, 11) is 0. The number of amides is 3. The van der Waals surface area contributed by atoms with E-state index in [1.54, 1.807) is 54.9 Å². The van der Waals surface area contributed by atoms with Crippen molar-refractivity contribution >= 4 is 23.4 Å². The lowest BCUT2D eigenvalue weighted by atomic mass is 10.1. The Morgan fingerprint density at radius 1 is 0.939 bits per heavy atom. The number of rotatable bonds is 6. The summed E-state index contributed by atoms with van der Waals surface area (Å²) in [6, 6.07) is 17.3. The normalized spacial score (nSPS) is 12.7. The topological polar surface area (TPSA) is 118 Å². The van der Waals surface area contributed by atoms with Gasteiger partial charge in [0.2, 0.25) is 17.6 Å². The minimum absolute atomic E-state index is 0.288. The fraction of sp³-hybridized carbons (Fsp3) is 0.0833. The van der Waals surface area contributed by atoms with E-state index < -0.39 is 17.7 Å². The largest absolute Gasteiger partial charge is 0.339 e. The monoisotopic (exact) mass is 439 g/mol. The number of para-hydroxylation sites is 1. The summed E-state index contributed by atoms with van der Waals surface area (Å²) in [4.78, 5) is 47.1. The fourth-order valence-electron chi connectivity index (χ4n) is 3.61. The molecule has 5 rings (SSSR count). The third-order valence-electron chi connectivity index (χ3n) is 5.20. The van der Waals surface area contributed by atoms with Crippen LogP contribution in [-0.2, 0) is 11.2 Å². The molecule has 0 radical (unpaired) electrons. The number of anilines is 1. The Bertz CT molecular complexity index is 1330. The molecule has 9 heteroatoms. The van der Waals surface area contributed by atoms with Gasteiger partial charge in [0.25, 0.3) is 11.8 Å². The first-order valence-electron chi connectivity index (χ1n) is 10.2. The first-order valence-corrected chi connectivity index (χ1v) is 10.2. The molecule has 0 saturated carbocycles. The highest BCUT2D eigenvalue weighted by Gasteiger charge is 2.36. The number of hydrogen-bond donors (Lipinski definition) is 1. The van der Waals surface area contributed by atoms with Gasteiger partial charge in [-0.2, -0.15) is 4.98 Å². The Kier molecular flexibility index (Phi) is 5.19. The third-order valence-corrected chi connectivity index (χ3v) is 5.20. The Morgan fingerprint density at radius 3 is 2.39 bits per heavy atom. The van der Waals surface area contributed by atoms with Crippen LogP contribution in [0.25, 0.3) is 11.4 Å². The van der Waals surface area contributed by atoms with Crippen molar-refractivity contribution in [3.63, 3.8) is 0 Å². The average Bonchev–Trinajstić information content (AvgIpc) is 3.40. The Hall–Kier alpha value is -4.66. The first kappa shape index (κ1) is 20.3. The summed E-state index contributed by atoms with van der Waals surface area (Å²) >= 11 is 0. The van der Waals surface area contributed by atoms with Crippen LogP contribution in [0, 0.1) is 0 Å². The highest BCUT2D eigenvalue weighted by atomic mass is 16.5. The number of carbonyl (C=O) groups excluding carboxylic acids is 3. The SMILES string of the molecule is O=C(CN1C(=O)c2ccccc2C1=O)Nc1ccccc1Cc1nc(-c2cccnc2)no1. The molecule has 0 atom stereocenters. The second-order valence-corrected chi connectivity index (χ2v) is 7.38. The predicted octanol–water partition coefficient (Wildman–Crippen LogP) is 2.96. The van der Waals surface area contributed by atoms with E-state index in [4.69, 9.17) is 4.52 Å². The molecule has 162 valence electrons. The standard InChI is InChI=1S/C24H17N5O4/c30-20(14-29-23(31)17-8-2-3-9-18(17)24(29)32)26-19-10-4-1-6-15(19)12-21-27-22(28-33-21)16-7-5-11-25-13-16/h1-11,13H,12,14H2,(H,26,30). The van der Waals surface area contributed by atoms with Gasteiger partial charge in [0.1, 0.15) is 6.54 Å². The number of pyridine rings is 1. The van der Waals surface area contributed by atoms with Gasteiger partial charge >= 0.3 is 0 Å². The summed E-state index contributed by atoms with van der Waals surface area (Å²) in [5, 5.41) is 6.76. The molecule has 0 saturated heterocycles. The van der Waals surface area contributed by atoms with E-state index in [9.17, 15) is 14.4 Å². The lowest BCUT2D eigenvalue weighted by Crippen LogP contribution is -2.37. The van der Waals surface area contributed by atoms with Crippen molar-refractivity contribution in [2.45, 2.75) is 6.42 Å². The molecule has 0 spiro atoms. The number of nitrogens with zero attached hydrogens (tertiary/aromatic N) is 4. The molecule has 2 aromatic heterocycles. The molecule has 33 heavy (non-hydrogen) atoms. The zero-order valence-corrected chi connectivity index (χ0v) is 17.3. The molecular weight excluding hydrogens is 422 g/mol. The zero-order valence-electron chi connectivity index (χ0n) is 17.3. The third kappa shape index (κ3) is 3.99. The predicted molar refractivity (Wildman–Crippen MR) is 117 cm³/mol. The van der Waals surface area contributed by atoms with Gasteiger partial charge in [-0.05, 0) is 35.9 Å². The van der Waals surface area contributed by atoms with Crippen LogP contribution in [0.5, 0.6) is 0 Å². The van der Waals surface area contributed by atoms with Gasteiger partial charge in [0.05, 0.1) is 17.5 Å². The van der Waals surface area contributed by atoms with E-state index in [2.05, 4.69) is 20.4 Å². The van der Waals surface area contributed by atoms with Crippen LogP contribution < -0.4 is 5.32 Å². The van der Waals surface area contributed by atoms with E-state index >= 15 is 0 Å². The molecule has 9 nitrogen and oxygen atoms in total. The van der Waals surface area contributed by atoms with Crippen molar-refractivity contribution < 1.29 is 18.9 Å². The van der Waals surface area contributed by atoms with Gasteiger partial charge in [-0.15, -0.1) is 0 Å². The Morgan fingerprint density at radius 2 is 1.67 bits per heavy atom. The lowest BCUT2D eigenvalue weighted by Gasteiger charge is -2.15. The fourth-order valence-corrected chi connectivity index (χ4v) is 3.61. The number of benzene rings is 2. The summed E-state index contributed by atoms with van der Waals surface area (Å²) in [6.45, 7) is -0.383. The molecular formula is C24H17N5O4. The molecule has 3 amide bonds. The van der Waals surface area contributed by atoms with E-state index in [1.807, 2.05) is 18.2 Å². The number of carbonyl (C=O) groups is 3. The van der Waals surface area contributed by atoms with Gasteiger partial charge in [-0.25, -0.2) is 0 Å². The average molecular weight is 439 g/mol. The minimum atomic E-state index is -0.487. The maximum atomic E-state index is 12.7. The molecule has 2 aromatic carbocycles. The highest BCUT2D eigenvalue weighted by molar-refractivity contribution is 6.22. The highest BCUT2D eigenvalue weighted by Crippen LogP contribution is 2.23. The maximum absolute atomic E-state index is 12.7. The van der Waals surface area contributed by atoms with E-state index in [-0.39, 0.29) is 13.0 Å². The van der Waals surface area contributed by atoms with Crippen LogP contribution in [0.2, 0.25) is 0 Å². The molecule has 0 unspecified atom stereocenters. The quantitative estimate of drug-likeness (QED) is 0.459. The van der Waals surface area contributed by atoms with Crippen LogP contribution in [0.15, 0.2) is 77.6 Å². The smallest absolute Gasteiger partial charge is 0.262 e. The number of imide groups is 1. The van der Waals surface area contributed by atoms with Crippen molar-refractivity contribution in [2.75, 3.05) is 11.9 Å². The summed E-state index contributed by atoms with van der Waals surface area (Å²) in [5.74, 6) is -0.652. The van der Waals surface area contributed by atoms with Crippen LogP contribution in [-0.4, -0.2) is 44.3 Å². The van der Waals surface area contributed by atoms with Gasteiger partial charge < -0.3 is 9.84 Å². The Balaban J connectivity index is 1.29. The number of nitrogens with one attached hydrogen (secondary N) is 1. The maximum Gasteiger partial charge on any atom is 0.262 e. The van der Waals surface area contributed by atoms with Crippen molar-refractivity contribution in [3.05, 3.63) is 95.6 Å². The molecule has 0 fully saturated rings. The van der Waals surface area contributed by atoms with Gasteiger partial charge in [0.15, 0.2) is 0 Å². The molecule has 3 heterocycles. The summed E-state index contributed by atoms with van der Waals surface area (Å²) in [5.41, 5.74) is 2.61. The van der Waals surface area contributed by atoms with E-state index in [0.717, 1.165) is 16.0 Å². The molecule has 0 aliphatic carbocycles. The van der Waals surface area contributed by atoms with Crippen LogP contribution in [0.4, 0.5) is 5.69 Å². The molecule has 4 aromatic rings. The molecule has 1 aliphatic rings. The molecule has 1 N–H and O–H groups in total. The first-order chi connectivity index (χ1) is 16.1. The minimum Gasteiger partial charge on any atom is -0.339 e. The van der Waals surface area contributed by atoms with Crippen LogP contribution >= 0.6 is 0 Å². The second-order valence-electron chi connectivity index (χ2n) is 7.38. The zero-order chi connectivity index (χ0) is 22.8. The van der Waals surface area contributed by atoms with Crippen LogP contribution in [0.1, 0.15) is 32.2 Å². The van der Waals surface area contributed by atoms with Crippen molar-refractivity contribution in [1.82, 2.24) is 20.0 Å². The number of aromatic nitrogens is 3. The summed E-state index contributed by atoms with van der Waals surface area (Å²) < 4.78 is 5.36. The second kappa shape index (κ2) is 8.46. The van der Waals surface area contributed by atoms with Crippen molar-refractivity contribution in [2.24, 2.45) is 0 Å². The number of hydrogen-bond acceptors (Lipinski definition) is 7. The Labute approximate surface area is 188 Å². The van der Waals surface area contributed by atoms with E-state index in [1.165, 1.54) is 0 Å². The van der Waals surface area contributed by atoms with Gasteiger partial charge in [0, 0.05) is 23.6 Å². The molecule has 0 bridgehead atoms. The summed E-state index contributed by atoms with van der Waals surface area (Å²) in [6.07, 6.45) is 3.59.